The van der Waals surface area contributed by atoms with E-state index < -0.39 is 31.0 Å². The molecule has 0 fully saturated rings. The second-order valence-electron chi connectivity index (χ2n) is 2.36. The summed E-state index contributed by atoms with van der Waals surface area (Å²) in [6, 6.07) is 0. The second kappa shape index (κ2) is 10.3. The maximum absolute atomic E-state index is 9.90. The Hall–Kier alpha value is 0.820. The van der Waals surface area contributed by atoms with E-state index >= 15 is 0 Å². The minimum atomic E-state index is -1.79. The molecular formula is C6H14NaO6S. The smallest absolute Gasteiger partial charge is 0.151 e. The Kier molecular flexibility index (Phi) is 15.0. The van der Waals surface area contributed by atoms with Gasteiger partial charge in [-0.15, -0.1) is 0 Å². The SMILES string of the molecule is O=C[C@H](O)[C@@H](O)[C@H](O)[C@H](O)CO.S.[Na]. The van der Waals surface area contributed by atoms with Gasteiger partial charge in [-0.2, -0.15) is 13.5 Å². The van der Waals surface area contributed by atoms with Gasteiger partial charge in [0.05, 0.1) is 6.61 Å². The molecule has 5 N–H and O–H groups in total. The Morgan fingerprint density at radius 3 is 1.79 bits per heavy atom. The molecule has 0 bridgehead atoms. The summed E-state index contributed by atoms with van der Waals surface area (Å²) in [6.07, 6.45) is -6.84. The molecule has 0 heterocycles. The first-order valence-electron chi connectivity index (χ1n) is 3.33. The Morgan fingerprint density at radius 2 is 1.50 bits per heavy atom. The second-order valence-corrected chi connectivity index (χ2v) is 2.36. The molecule has 0 saturated heterocycles. The summed E-state index contributed by atoms with van der Waals surface area (Å²) < 4.78 is 0. The van der Waals surface area contributed by atoms with Gasteiger partial charge in [0, 0.05) is 29.6 Å². The van der Waals surface area contributed by atoms with Gasteiger partial charge < -0.3 is 30.3 Å². The van der Waals surface area contributed by atoms with Crippen LogP contribution in [0.15, 0.2) is 0 Å². The van der Waals surface area contributed by atoms with Crippen molar-refractivity contribution in [1.82, 2.24) is 0 Å². The third-order valence-corrected chi connectivity index (χ3v) is 1.42. The number of hydrogen-bond acceptors (Lipinski definition) is 6. The molecule has 4 atom stereocenters. The summed E-state index contributed by atoms with van der Waals surface area (Å²) >= 11 is 0. The summed E-state index contributed by atoms with van der Waals surface area (Å²) in [5.41, 5.74) is 0. The Morgan fingerprint density at radius 1 is 1.07 bits per heavy atom. The molecule has 0 aromatic carbocycles. The maximum atomic E-state index is 9.90. The van der Waals surface area contributed by atoms with E-state index in [2.05, 4.69) is 0 Å². The van der Waals surface area contributed by atoms with Gasteiger partial charge in [0.1, 0.15) is 24.4 Å². The minimum Gasteiger partial charge on any atom is -0.394 e. The van der Waals surface area contributed by atoms with Gasteiger partial charge in [0.15, 0.2) is 6.29 Å². The van der Waals surface area contributed by atoms with E-state index in [1.807, 2.05) is 0 Å². The quantitative estimate of drug-likeness (QED) is 0.248. The predicted octanol–water partition coefficient (Wildman–Crippen LogP) is -3.65. The number of aldehydes is 1. The molecule has 0 spiro atoms. The molecule has 0 rings (SSSR count). The molecule has 8 heteroatoms. The minimum absolute atomic E-state index is 0. The van der Waals surface area contributed by atoms with E-state index in [0.29, 0.717) is 0 Å². The average Bonchev–Trinajstić information content (AvgIpc) is 2.12. The maximum Gasteiger partial charge on any atom is 0.151 e. The number of rotatable bonds is 5. The fourth-order valence-corrected chi connectivity index (χ4v) is 0.618. The van der Waals surface area contributed by atoms with Crippen LogP contribution in [-0.4, -0.2) is 92.4 Å². The van der Waals surface area contributed by atoms with Crippen molar-refractivity contribution in [2.75, 3.05) is 6.61 Å². The monoisotopic (exact) mass is 237 g/mol. The summed E-state index contributed by atoms with van der Waals surface area (Å²) in [4.78, 5) is 9.90. The van der Waals surface area contributed by atoms with Gasteiger partial charge in [-0.1, -0.05) is 0 Å². The van der Waals surface area contributed by atoms with Crippen molar-refractivity contribution < 1.29 is 30.3 Å². The first-order chi connectivity index (χ1) is 5.54. The molecule has 0 unspecified atom stereocenters. The van der Waals surface area contributed by atoms with Gasteiger partial charge in [-0.25, -0.2) is 0 Å². The van der Waals surface area contributed by atoms with Crippen molar-refractivity contribution in [3.8, 4) is 0 Å². The Labute approximate surface area is 110 Å². The number of aliphatic hydroxyl groups excluding tert-OH is 5. The van der Waals surface area contributed by atoms with E-state index in [1.165, 1.54) is 0 Å². The van der Waals surface area contributed by atoms with Crippen molar-refractivity contribution in [3.05, 3.63) is 0 Å². The first kappa shape index (κ1) is 20.3. The molecular weight excluding hydrogens is 223 g/mol. The number of aliphatic hydroxyl groups is 5. The Bertz CT molecular complexity index is 148. The van der Waals surface area contributed by atoms with Crippen LogP contribution in [0.2, 0.25) is 0 Å². The van der Waals surface area contributed by atoms with Crippen molar-refractivity contribution in [2.45, 2.75) is 24.4 Å². The third kappa shape index (κ3) is 6.33. The van der Waals surface area contributed by atoms with Crippen molar-refractivity contribution in [1.29, 1.82) is 0 Å². The van der Waals surface area contributed by atoms with Gasteiger partial charge >= 0.3 is 0 Å². The predicted molar refractivity (Wildman–Crippen MR) is 53.3 cm³/mol. The summed E-state index contributed by atoms with van der Waals surface area (Å²) in [7, 11) is 0. The average molecular weight is 237 g/mol. The van der Waals surface area contributed by atoms with Gasteiger partial charge in [0.2, 0.25) is 0 Å². The van der Waals surface area contributed by atoms with E-state index in [-0.39, 0.29) is 49.3 Å². The van der Waals surface area contributed by atoms with Crippen molar-refractivity contribution in [3.63, 3.8) is 0 Å². The molecule has 0 aromatic rings. The molecule has 0 aromatic heterocycles. The van der Waals surface area contributed by atoms with Crippen molar-refractivity contribution in [2.24, 2.45) is 0 Å². The molecule has 6 nitrogen and oxygen atoms in total. The fourth-order valence-electron chi connectivity index (χ4n) is 0.618. The van der Waals surface area contributed by atoms with Crippen LogP contribution in [0.5, 0.6) is 0 Å². The van der Waals surface area contributed by atoms with Crippen LogP contribution in [-0.2, 0) is 4.79 Å². The van der Waals surface area contributed by atoms with Gasteiger partial charge in [-0.3, -0.25) is 0 Å². The van der Waals surface area contributed by atoms with Crippen LogP contribution in [0, 0.1) is 0 Å². The van der Waals surface area contributed by atoms with E-state index in [9.17, 15) is 4.79 Å². The topological polar surface area (TPSA) is 118 Å². The van der Waals surface area contributed by atoms with Crippen LogP contribution in [0.3, 0.4) is 0 Å². The zero-order valence-electron chi connectivity index (χ0n) is 7.74. The summed E-state index contributed by atoms with van der Waals surface area (Å²) in [5.74, 6) is 0. The van der Waals surface area contributed by atoms with Gasteiger partial charge in [-0.05, 0) is 0 Å². The van der Waals surface area contributed by atoms with Crippen LogP contribution < -0.4 is 0 Å². The van der Waals surface area contributed by atoms with E-state index in [0.717, 1.165) is 0 Å². The first-order valence-corrected chi connectivity index (χ1v) is 3.33. The molecule has 81 valence electrons. The van der Waals surface area contributed by atoms with Gasteiger partial charge in [0.25, 0.3) is 0 Å². The molecule has 14 heavy (non-hydrogen) atoms. The largest absolute Gasteiger partial charge is 0.394 e. The summed E-state index contributed by atoms with van der Waals surface area (Å²) in [5, 5.41) is 43.5. The Balaban J connectivity index is -0.000000605. The zero-order valence-corrected chi connectivity index (χ0v) is 10.7. The number of hydrogen-bond donors (Lipinski definition) is 5. The number of carbonyl (C=O) groups is 1. The summed E-state index contributed by atoms with van der Waals surface area (Å²) in [6.45, 7) is -0.760. The molecule has 0 aliphatic heterocycles. The number of carbonyl (C=O) groups excluding carboxylic acids is 1. The van der Waals surface area contributed by atoms with Crippen LogP contribution in [0.25, 0.3) is 0 Å². The standard InChI is InChI=1S/C6H12O6.Na.H2S/c7-1-3(9)5(11)6(12)4(10)2-8;;/h1,3-6,8-12H,2H2;;1H2/t3-,4+,5+,6+;;/m0../s1. The molecule has 0 saturated carbocycles. The van der Waals surface area contributed by atoms with Crippen LogP contribution in [0.4, 0.5) is 0 Å². The normalized spacial score (nSPS) is 18.1. The molecule has 0 aliphatic rings. The fraction of sp³-hybridized carbons (Fsp3) is 0.833. The third-order valence-electron chi connectivity index (χ3n) is 1.42. The molecule has 1 radical (unpaired) electrons. The zero-order chi connectivity index (χ0) is 9.72. The van der Waals surface area contributed by atoms with Crippen LogP contribution in [0.1, 0.15) is 0 Å². The van der Waals surface area contributed by atoms with E-state index in [4.69, 9.17) is 25.5 Å². The van der Waals surface area contributed by atoms with Crippen LogP contribution >= 0.6 is 13.5 Å². The van der Waals surface area contributed by atoms with E-state index in [1.54, 1.807) is 0 Å². The molecule has 0 amide bonds. The molecule has 0 aliphatic carbocycles. The van der Waals surface area contributed by atoms with Crippen molar-refractivity contribution >= 4 is 49.3 Å².